The van der Waals surface area contributed by atoms with Crippen molar-refractivity contribution >= 4 is 17.7 Å². The van der Waals surface area contributed by atoms with E-state index in [1.54, 1.807) is 27.7 Å². The van der Waals surface area contributed by atoms with Crippen LogP contribution in [0.25, 0.3) is 0 Å². The van der Waals surface area contributed by atoms with Gasteiger partial charge in [-0.3, -0.25) is 0 Å². The summed E-state index contributed by atoms with van der Waals surface area (Å²) >= 11 is 0. The lowest BCUT2D eigenvalue weighted by molar-refractivity contribution is -0.137. The fourth-order valence-corrected chi connectivity index (χ4v) is 2.10. The molecule has 2 N–H and O–H groups in total. The highest BCUT2D eigenvalue weighted by Gasteiger charge is 2.33. The van der Waals surface area contributed by atoms with Crippen molar-refractivity contribution in [2.45, 2.75) is 45.9 Å². The topological polar surface area (TPSA) is 76.7 Å². The number of rotatable bonds is 7. The molecule has 1 aromatic rings. The second kappa shape index (κ2) is 9.48. The summed E-state index contributed by atoms with van der Waals surface area (Å²) in [6, 6.07) is 3.03. The van der Waals surface area contributed by atoms with E-state index in [1.807, 2.05) is 0 Å². The highest BCUT2D eigenvalue weighted by molar-refractivity contribution is 5.91. The lowest BCUT2D eigenvalue weighted by Crippen LogP contribution is -2.33. The van der Waals surface area contributed by atoms with Crippen molar-refractivity contribution in [2.75, 3.05) is 25.0 Å². The second-order valence-corrected chi connectivity index (χ2v) is 6.69. The van der Waals surface area contributed by atoms with Crippen molar-refractivity contribution in [1.82, 2.24) is 5.32 Å². The third-order valence-corrected chi connectivity index (χ3v) is 3.17. The van der Waals surface area contributed by atoms with Crippen molar-refractivity contribution in [3.8, 4) is 0 Å². The number of benzene rings is 1. The van der Waals surface area contributed by atoms with Gasteiger partial charge in [-0.1, -0.05) is 0 Å². The van der Waals surface area contributed by atoms with E-state index in [0.717, 1.165) is 18.2 Å². The fraction of sp³-hybridized carbons (Fsp3) is 0.556. The fourth-order valence-electron chi connectivity index (χ4n) is 2.10. The van der Waals surface area contributed by atoms with Crippen LogP contribution >= 0.6 is 0 Å². The first-order chi connectivity index (χ1) is 12.4. The van der Waals surface area contributed by atoms with E-state index in [0.29, 0.717) is 6.42 Å². The lowest BCUT2D eigenvalue weighted by Gasteiger charge is -2.19. The first kappa shape index (κ1) is 22.6. The number of alkyl halides is 3. The molecule has 0 aliphatic heterocycles. The molecule has 0 unspecified atom stereocenters. The summed E-state index contributed by atoms with van der Waals surface area (Å²) in [5, 5.41) is 5.18. The lowest BCUT2D eigenvalue weighted by atomic mass is 10.1. The van der Waals surface area contributed by atoms with Crippen molar-refractivity contribution < 1.29 is 32.2 Å². The molecule has 0 fully saturated rings. The Morgan fingerprint density at radius 3 is 2.33 bits per heavy atom. The summed E-state index contributed by atoms with van der Waals surface area (Å²) in [5.74, 6) is -0.694. The Hall–Kier alpha value is -2.45. The number of carbonyl (C=O) groups is 2. The molecule has 152 valence electrons. The van der Waals surface area contributed by atoms with Gasteiger partial charge in [0.15, 0.2) is 0 Å². The molecular weight excluding hydrogens is 365 g/mol. The van der Waals surface area contributed by atoms with E-state index < -0.39 is 29.4 Å². The number of ether oxygens (including phenoxy) is 2. The molecule has 0 aliphatic rings. The number of nitrogens with one attached hydrogen (secondary N) is 2. The van der Waals surface area contributed by atoms with Crippen molar-refractivity contribution in [2.24, 2.45) is 0 Å². The van der Waals surface area contributed by atoms with Gasteiger partial charge in [-0.25, -0.2) is 9.59 Å². The molecule has 0 saturated heterocycles. The summed E-state index contributed by atoms with van der Waals surface area (Å²) < 4.78 is 49.3. The van der Waals surface area contributed by atoms with Gasteiger partial charge in [0.05, 0.1) is 17.7 Å². The van der Waals surface area contributed by atoms with Crippen LogP contribution in [0.3, 0.4) is 0 Å². The average molecular weight is 390 g/mol. The Kier molecular flexibility index (Phi) is 7.93. The number of amides is 1. The molecule has 9 heteroatoms. The van der Waals surface area contributed by atoms with Gasteiger partial charge in [0.25, 0.3) is 0 Å². The van der Waals surface area contributed by atoms with Crippen LogP contribution in [0.15, 0.2) is 18.2 Å². The molecule has 0 spiro atoms. The minimum atomic E-state index is -4.57. The van der Waals surface area contributed by atoms with Crippen LogP contribution in [0.4, 0.5) is 23.7 Å². The maximum atomic E-state index is 13.1. The summed E-state index contributed by atoms with van der Waals surface area (Å²) in [5.41, 5.74) is -1.70. The number of hydrogen-bond acceptors (Lipinski definition) is 5. The number of esters is 1. The minimum absolute atomic E-state index is 0.0271. The molecule has 0 aliphatic carbocycles. The Morgan fingerprint density at radius 1 is 1.11 bits per heavy atom. The SMILES string of the molecule is CCOC(=O)c1ccc(C(F)(F)F)c(NCCCNC(=O)OC(C)(C)C)c1. The van der Waals surface area contributed by atoms with Gasteiger partial charge in [-0.2, -0.15) is 13.2 Å². The molecule has 6 nitrogen and oxygen atoms in total. The van der Waals surface area contributed by atoms with E-state index in [1.165, 1.54) is 0 Å². The van der Waals surface area contributed by atoms with E-state index in [4.69, 9.17) is 9.47 Å². The Morgan fingerprint density at radius 2 is 1.78 bits per heavy atom. The molecule has 0 saturated carbocycles. The number of carbonyl (C=O) groups excluding carboxylic acids is 2. The van der Waals surface area contributed by atoms with Crippen LogP contribution in [-0.4, -0.2) is 37.4 Å². The number of alkyl carbamates (subject to hydrolysis) is 1. The predicted molar refractivity (Wildman–Crippen MR) is 94.7 cm³/mol. The summed E-state index contributed by atoms with van der Waals surface area (Å²) in [6.07, 6.45) is -4.80. The minimum Gasteiger partial charge on any atom is -0.462 e. The van der Waals surface area contributed by atoms with Gasteiger partial charge in [-0.05, 0) is 52.3 Å². The smallest absolute Gasteiger partial charge is 0.418 e. The monoisotopic (exact) mass is 390 g/mol. The maximum Gasteiger partial charge on any atom is 0.418 e. The van der Waals surface area contributed by atoms with Gasteiger partial charge >= 0.3 is 18.2 Å². The highest BCUT2D eigenvalue weighted by Crippen LogP contribution is 2.35. The zero-order valence-electron chi connectivity index (χ0n) is 15.8. The normalized spacial score (nSPS) is 11.7. The number of halogens is 3. The molecule has 0 heterocycles. The number of anilines is 1. The van der Waals surface area contributed by atoms with Gasteiger partial charge in [-0.15, -0.1) is 0 Å². The van der Waals surface area contributed by atoms with Crippen LogP contribution in [0.5, 0.6) is 0 Å². The Balaban J connectivity index is 2.67. The van der Waals surface area contributed by atoms with Gasteiger partial charge in [0.2, 0.25) is 0 Å². The second-order valence-electron chi connectivity index (χ2n) is 6.69. The molecule has 1 rings (SSSR count). The van der Waals surface area contributed by atoms with Crippen LogP contribution in [0, 0.1) is 0 Å². The highest BCUT2D eigenvalue weighted by atomic mass is 19.4. The third-order valence-electron chi connectivity index (χ3n) is 3.17. The van der Waals surface area contributed by atoms with Crippen LogP contribution < -0.4 is 10.6 Å². The molecule has 1 aromatic carbocycles. The quantitative estimate of drug-likeness (QED) is 0.539. The first-order valence-corrected chi connectivity index (χ1v) is 8.53. The average Bonchev–Trinajstić information content (AvgIpc) is 2.52. The first-order valence-electron chi connectivity index (χ1n) is 8.53. The molecule has 0 aromatic heterocycles. The van der Waals surface area contributed by atoms with E-state index >= 15 is 0 Å². The van der Waals surface area contributed by atoms with Gasteiger partial charge in [0.1, 0.15) is 5.60 Å². The zero-order valence-corrected chi connectivity index (χ0v) is 15.8. The van der Waals surface area contributed by atoms with Crippen molar-refractivity contribution in [3.63, 3.8) is 0 Å². The summed E-state index contributed by atoms with van der Waals surface area (Å²) in [6.45, 7) is 7.29. The molecule has 27 heavy (non-hydrogen) atoms. The molecule has 0 atom stereocenters. The van der Waals surface area contributed by atoms with Gasteiger partial charge < -0.3 is 20.1 Å². The van der Waals surface area contributed by atoms with Crippen LogP contribution in [0.2, 0.25) is 0 Å². The standard InChI is InChI=1S/C18H25F3N2O4/c1-5-26-15(24)12-7-8-13(18(19,20)21)14(11-12)22-9-6-10-23-16(25)27-17(2,3)4/h7-8,11,22H,5-6,9-10H2,1-4H3,(H,23,25). The van der Waals surface area contributed by atoms with E-state index in [2.05, 4.69) is 10.6 Å². The van der Waals surface area contributed by atoms with E-state index in [-0.39, 0.29) is 30.9 Å². The Bertz CT molecular complexity index is 655. The van der Waals surface area contributed by atoms with Crippen LogP contribution in [0.1, 0.15) is 50.0 Å². The van der Waals surface area contributed by atoms with E-state index in [9.17, 15) is 22.8 Å². The van der Waals surface area contributed by atoms with Gasteiger partial charge in [0, 0.05) is 18.8 Å². The van der Waals surface area contributed by atoms with Crippen LogP contribution in [-0.2, 0) is 15.7 Å². The molecule has 1 amide bonds. The van der Waals surface area contributed by atoms with Crippen molar-refractivity contribution in [3.05, 3.63) is 29.3 Å². The van der Waals surface area contributed by atoms with Crippen molar-refractivity contribution in [1.29, 1.82) is 0 Å². The molecular formula is C18H25F3N2O4. The number of hydrogen-bond donors (Lipinski definition) is 2. The summed E-state index contributed by atoms with van der Waals surface area (Å²) in [4.78, 5) is 23.2. The molecule has 0 bridgehead atoms. The maximum absolute atomic E-state index is 13.1. The third kappa shape index (κ3) is 8.19. The predicted octanol–water partition coefficient (Wildman–Crippen LogP) is 4.21. The summed E-state index contributed by atoms with van der Waals surface area (Å²) in [7, 11) is 0. The Labute approximate surface area is 156 Å². The molecule has 0 radical (unpaired) electrons. The zero-order chi connectivity index (χ0) is 20.7. The largest absolute Gasteiger partial charge is 0.462 e.